The largest absolute Gasteiger partial charge is 0.294 e. The molecule has 2 aromatic rings. The summed E-state index contributed by atoms with van der Waals surface area (Å²) < 4.78 is 0. The van der Waals surface area contributed by atoms with Crippen molar-refractivity contribution in [2.24, 2.45) is 7.05 Å². The first kappa shape index (κ1) is 11.4. The molecule has 0 N–H and O–H groups in total. The van der Waals surface area contributed by atoms with E-state index in [2.05, 4.69) is 20.4 Å². The van der Waals surface area contributed by atoms with E-state index in [0.717, 1.165) is 11.4 Å². The molecule has 0 unspecified atom stereocenters. The number of aryl methyl sites for hydroxylation is 3. The van der Waals surface area contributed by atoms with E-state index in [-0.39, 0.29) is 12.2 Å². The Morgan fingerprint density at radius 2 is 2.12 bits per heavy atom. The molecule has 0 aliphatic heterocycles. The summed E-state index contributed by atoms with van der Waals surface area (Å²) in [5, 5.41) is 11.5. The van der Waals surface area contributed by atoms with Crippen LogP contribution in [0.2, 0.25) is 0 Å². The maximum Gasteiger partial charge on any atom is 0.182 e. The Labute approximate surface area is 98.7 Å². The number of Topliss-reactive ketones (excluding diaryl/α,β-unsaturated/α-hetero) is 1. The molecule has 0 amide bonds. The van der Waals surface area contributed by atoms with Crippen LogP contribution < -0.4 is 0 Å². The lowest BCUT2D eigenvalue weighted by molar-refractivity contribution is 0.0989. The Morgan fingerprint density at radius 1 is 1.35 bits per heavy atom. The number of nitrogens with zero attached hydrogens (tertiary/aromatic N) is 5. The molecule has 17 heavy (non-hydrogen) atoms. The Kier molecular flexibility index (Phi) is 2.95. The topological polar surface area (TPSA) is 73.6 Å². The van der Waals surface area contributed by atoms with Gasteiger partial charge in [-0.25, -0.2) is 0 Å². The Morgan fingerprint density at radius 3 is 2.71 bits per heavy atom. The fourth-order valence-electron chi connectivity index (χ4n) is 1.61. The third-order valence-corrected chi connectivity index (χ3v) is 2.39. The van der Waals surface area contributed by atoms with Crippen molar-refractivity contribution in [3.63, 3.8) is 0 Å². The van der Waals surface area contributed by atoms with E-state index in [9.17, 15) is 4.79 Å². The number of hydrogen-bond acceptors (Lipinski definition) is 5. The summed E-state index contributed by atoms with van der Waals surface area (Å²) in [6.07, 6.45) is 0.152. The van der Waals surface area contributed by atoms with Crippen molar-refractivity contribution in [1.82, 2.24) is 25.2 Å². The molecular weight excluding hydrogens is 218 g/mol. The van der Waals surface area contributed by atoms with Crippen molar-refractivity contribution in [2.75, 3.05) is 0 Å². The van der Waals surface area contributed by atoms with Crippen molar-refractivity contribution in [1.29, 1.82) is 0 Å². The molecule has 0 radical (unpaired) electrons. The van der Waals surface area contributed by atoms with Crippen LogP contribution in [0, 0.1) is 13.8 Å². The number of carbonyl (C=O) groups is 1. The predicted molar refractivity (Wildman–Crippen MR) is 60.5 cm³/mol. The lowest BCUT2D eigenvalue weighted by atomic mass is 10.1. The molecule has 0 bridgehead atoms. The smallest absolute Gasteiger partial charge is 0.182 e. The first-order chi connectivity index (χ1) is 8.06. The Hall–Kier alpha value is -2.11. The van der Waals surface area contributed by atoms with Gasteiger partial charge in [-0.05, 0) is 31.2 Å². The first-order valence-electron chi connectivity index (χ1n) is 5.26. The second-order valence-corrected chi connectivity index (χ2v) is 3.88. The van der Waals surface area contributed by atoms with E-state index >= 15 is 0 Å². The average molecular weight is 231 g/mol. The summed E-state index contributed by atoms with van der Waals surface area (Å²) in [7, 11) is 1.67. The highest BCUT2D eigenvalue weighted by Gasteiger charge is 2.13. The zero-order valence-electron chi connectivity index (χ0n) is 10.0. The number of hydrogen-bond donors (Lipinski definition) is 0. The lowest BCUT2D eigenvalue weighted by Gasteiger charge is -2.03. The molecule has 2 heterocycles. The van der Waals surface area contributed by atoms with Gasteiger partial charge in [-0.15, -0.1) is 10.2 Å². The summed E-state index contributed by atoms with van der Waals surface area (Å²) in [6.45, 7) is 3.72. The van der Waals surface area contributed by atoms with Gasteiger partial charge in [-0.1, -0.05) is 0 Å². The molecule has 2 rings (SSSR count). The van der Waals surface area contributed by atoms with Crippen molar-refractivity contribution < 1.29 is 4.79 Å². The third-order valence-electron chi connectivity index (χ3n) is 2.39. The van der Waals surface area contributed by atoms with Gasteiger partial charge in [0.15, 0.2) is 11.6 Å². The SMILES string of the molecule is Cc1ccc(C(=O)Cc2nnn(C)n2)c(C)n1. The molecular formula is C11H13N5O. The van der Waals surface area contributed by atoms with Crippen molar-refractivity contribution in [2.45, 2.75) is 20.3 Å². The maximum atomic E-state index is 12.0. The van der Waals surface area contributed by atoms with E-state index in [1.165, 1.54) is 4.80 Å². The number of carbonyl (C=O) groups excluding carboxylic acids is 1. The molecule has 6 heteroatoms. The third kappa shape index (κ3) is 2.52. The molecule has 2 aromatic heterocycles. The summed E-state index contributed by atoms with van der Waals surface area (Å²) >= 11 is 0. The van der Waals surface area contributed by atoms with Crippen LogP contribution in [0.4, 0.5) is 0 Å². The predicted octanol–water partition coefficient (Wildman–Crippen LogP) is 0.647. The number of rotatable bonds is 3. The van der Waals surface area contributed by atoms with Gasteiger partial charge in [0.1, 0.15) is 0 Å². The van der Waals surface area contributed by atoms with Crippen LogP contribution in [-0.2, 0) is 13.5 Å². The summed E-state index contributed by atoms with van der Waals surface area (Å²) in [5.74, 6) is 0.389. The van der Waals surface area contributed by atoms with Crippen LogP contribution in [0.3, 0.4) is 0 Å². The van der Waals surface area contributed by atoms with Crippen LogP contribution in [0.25, 0.3) is 0 Å². The van der Waals surface area contributed by atoms with Gasteiger partial charge >= 0.3 is 0 Å². The highest BCUT2D eigenvalue weighted by atomic mass is 16.1. The van der Waals surface area contributed by atoms with E-state index in [1.54, 1.807) is 13.1 Å². The summed E-state index contributed by atoms with van der Waals surface area (Å²) in [6, 6.07) is 3.61. The first-order valence-corrected chi connectivity index (χ1v) is 5.26. The molecule has 0 fully saturated rings. The van der Waals surface area contributed by atoms with Crippen LogP contribution in [0.1, 0.15) is 27.6 Å². The van der Waals surface area contributed by atoms with Gasteiger partial charge in [0.2, 0.25) is 0 Å². The summed E-state index contributed by atoms with van der Waals surface area (Å²) in [4.78, 5) is 17.6. The molecule has 0 aliphatic carbocycles. The molecule has 0 spiro atoms. The van der Waals surface area contributed by atoms with Gasteiger partial charge in [0.05, 0.1) is 13.5 Å². The van der Waals surface area contributed by atoms with Crippen molar-refractivity contribution in [3.05, 3.63) is 34.9 Å². The number of ketones is 1. The van der Waals surface area contributed by atoms with Gasteiger partial charge in [0, 0.05) is 17.0 Å². The Balaban J connectivity index is 2.20. The van der Waals surface area contributed by atoms with Crippen LogP contribution >= 0.6 is 0 Å². The standard InChI is InChI=1S/C11H13N5O/c1-7-4-5-9(8(2)12-7)10(17)6-11-13-15-16(3)14-11/h4-5H,6H2,1-3H3. The van der Waals surface area contributed by atoms with Gasteiger partial charge in [-0.3, -0.25) is 9.78 Å². The van der Waals surface area contributed by atoms with Gasteiger partial charge in [0.25, 0.3) is 0 Å². The zero-order valence-corrected chi connectivity index (χ0v) is 10.0. The van der Waals surface area contributed by atoms with Crippen LogP contribution in [0.15, 0.2) is 12.1 Å². The number of aromatic nitrogens is 5. The van der Waals surface area contributed by atoms with Gasteiger partial charge in [-0.2, -0.15) is 4.80 Å². The lowest BCUT2D eigenvalue weighted by Crippen LogP contribution is -2.08. The molecule has 88 valence electrons. The molecule has 0 aromatic carbocycles. The maximum absolute atomic E-state index is 12.0. The second-order valence-electron chi connectivity index (χ2n) is 3.88. The fourth-order valence-corrected chi connectivity index (χ4v) is 1.61. The minimum absolute atomic E-state index is 0.0389. The molecule has 0 saturated heterocycles. The Bertz CT molecular complexity index is 561. The zero-order chi connectivity index (χ0) is 12.4. The van der Waals surface area contributed by atoms with Crippen molar-refractivity contribution in [3.8, 4) is 0 Å². The van der Waals surface area contributed by atoms with E-state index in [4.69, 9.17) is 0 Å². The highest BCUT2D eigenvalue weighted by Crippen LogP contribution is 2.09. The summed E-state index contributed by atoms with van der Waals surface area (Å²) in [5.41, 5.74) is 2.25. The van der Waals surface area contributed by atoms with E-state index in [1.807, 2.05) is 19.9 Å². The average Bonchev–Trinajstić information content (AvgIpc) is 2.63. The van der Waals surface area contributed by atoms with E-state index in [0.29, 0.717) is 11.4 Å². The molecule has 6 nitrogen and oxygen atoms in total. The fraction of sp³-hybridized carbons (Fsp3) is 0.364. The quantitative estimate of drug-likeness (QED) is 0.725. The monoisotopic (exact) mass is 231 g/mol. The van der Waals surface area contributed by atoms with Crippen LogP contribution in [0.5, 0.6) is 0 Å². The minimum atomic E-state index is -0.0389. The van der Waals surface area contributed by atoms with Gasteiger partial charge < -0.3 is 0 Å². The molecule has 0 saturated carbocycles. The molecule has 0 aliphatic rings. The highest BCUT2D eigenvalue weighted by molar-refractivity contribution is 5.98. The number of tetrazole rings is 1. The van der Waals surface area contributed by atoms with Crippen LogP contribution in [-0.4, -0.2) is 31.0 Å². The normalized spacial score (nSPS) is 10.5. The minimum Gasteiger partial charge on any atom is -0.294 e. The number of pyridine rings is 1. The van der Waals surface area contributed by atoms with E-state index < -0.39 is 0 Å². The molecule has 0 atom stereocenters. The second kappa shape index (κ2) is 4.40. The van der Waals surface area contributed by atoms with Crippen molar-refractivity contribution >= 4 is 5.78 Å².